The molecule has 3 aliphatic rings. The second-order valence-electron chi connectivity index (χ2n) is 15.2. The summed E-state index contributed by atoms with van der Waals surface area (Å²) >= 11 is 0. The Labute approximate surface area is 336 Å². The maximum Gasteiger partial charge on any atom is 0.306 e. The summed E-state index contributed by atoms with van der Waals surface area (Å²) in [4.78, 5) is 40.3. The topological polar surface area (TPSA) is 202 Å². The van der Waals surface area contributed by atoms with Crippen molar-refractivity contribution in [2.45, 2.75) is 102 Å². The van der Waals surface area contributed by atoms with E-state index in [4.69, 9.17) is 49.3 Å². The van der Waals surface area contributed by atoms with E-state index in [1.165, 1.54) is 0 Å². The van der Waals surface area contributed by atoms with Crippen molar-refractivity contribution >= 4 is 11.9 Å². The second-order valence-corrected chi connectivity index (χ2v) is 15.2. The van der Waals surface area contributed by atoms with Crippen LogP contribution in [-0.4, -0.2) is 164 Å². The number of methoxy groups -OCH3 is 1. The van der Waals surface area contributed by atoms with Gasteiger partial charge in [0.15, 0.2) is 0 Å². The quantitative estimate of drug-likeness (QED) is 0.0600. The number of piperidine rings is 1. The van der Waals surface area contributed by atoms with Gasteiger partial charge in [-0.25, -0.2) is 0 Å². The molecule has 1 aromatic rings. The summed E-state index contributed by atoms with van der Waals surface area (Å²) in [5, 5.41) is 34.8. The van der Waals surface area contributed by atoms with E-state index in [-0.39, 0.29) is 87.3 Å². The number of carbonyl (C=O) groups is 2. The van der Waals surface area contributed by atoms with Gasteiger partial charge in [0.05, 0.1) is 75.1 Å². The van der Waals surface area contributed by atoms with Gasteiger partial charge in [0.1, 0.15) is 6.10 Å². The molecule has 7 atom stereocenters. The number of fused-ring (bicyclic) bond motifs is 1. The molecule has 0 radical (unpaired) electrons. The van der Waals surface area contributed by atoms with Crippen LogP contribution in [0, 0.1) is 11.8 Å². The first kappa shape index (κ1) is 47.3. The van der Waals surface area contributed by atoms with Crippen molar-refractivity contribution < 1.29 is 68.5 Å². The van der Waals surface area contributed by atoms with Crippen molar-refractivity contribution in [2.75, 3.05) is 86.1 Å². The highest BCUT2D eigenvalue weighted by atomic mass is 17.1. The summed E-state index contributed by atoms with van der Waals surface area (Å²) in [7, 11) is 1.72. The van der Waals surface area contributed by atoms with Crippen LogP contribution in [0.2, 0.25) is 0 Å². The number of likely N-dealkylation sites (tertiary alicyclic amines) is 1. The number of morpholine rings is 1. The number of hydrogen-bond donors (Lipinski definition) is 4. The SMILES string of the molecule is CCOCC(C)COCc1ccc(C2C(OCC3CCC4OCCN(CCCOC)C4C3)CN(C(=O)CCCON(O)O)CC2OC(=O)CCCON(O)O)cc1. The fraction of sp³-hybridized carbons (Fsp3) is 0.795. The third-order valence-corrected chi connectivity index (χ3v) is 10.7. The van der Waals surface area contributed by atoms with E-state index in [1.807, 2.05) is 31.2 Å². The van der Waals surface area contributed by atoms with Crippen LogP contribution in [0.25, 0.3) is 0 Å². The van der Waals surface area contributed by atoms with Crippen molar-refractivity contribution in [3.63, 3.8) is 0 Å². The molecule has 1 aliphatic carbocycles. The molecular weight excluding hydrogens is 748 g/mol. The minimum atomic E-state index is -0.768. The molecule has 326 valence electrons. The lowest BCUT2D eigenvalue weighted by atomic mass is 9.81. The number of hydrogen-bond acceptors (Lipinski definition) is 17. The lowest BCUT2D eigenvalue weighted by Crippen LogP contribution is -2.56. The first-order chi connectivity index (χ1) is 27.6. The Morgan fingerprint density at radius 1 is 0.912 bits per heavy atom. The third-order valence-electron chi connectivity index (χ3n) is 10.7. The summed E-state index contributed by atoms with van der Waals surface area (Å²) in [5.41, 5.74) is 1.88. The molecule has 4 rings (SSSR count). The number of carbonyl (C=O) groups excluding carboxylic acids is 2. The van der Waals surface area contributed by atoms with Crippen molar-refractivity contribution in [2.24, 2.45) is 11.8 Å². The van der Waals surface area contributed by atoms with Crippen LogP contribution in [0.5, 0.6) is 0 Å². The van der Waals surface area contributed by atoms with Gasteiger partial charge >= 0.3 is 5.97 Å². The second kappa shape index (κ2) is 25.9. The third kappa shape index (κ3) is 16.6. The minimum absolute atomic E-state index is 0.0573. The van der Waals surface area contributed by atoms with Crippen molar-refractivity contribution in [1.82, 2.24) is 20.6 Å². The van der Waals surface area contributed by atoms with Crippen molar-refractivity contribution in [3.8, 4) is 0 Å². The predicted molar refractivity (Wildman–Crippen MR) is 201 cm³/mol. The smallest absolute Gasteiger partial charge is 0.306 e. The van der Waals surface area contributed by atoms with E-state index < -0.39 is 29.5 Å². The molecule has 1 saturated carbocycles. The Morgan fingerprint density at radius 2 is 1.61 bits per heavy atom. The Morgan fingerprint density at radius 3 is 2.32 bits per heavy atom. The van der Waals surface area contributed by atoms with Gasteiger partial charge in [0, 0.05) is 71.4 Å². The molecule has 2 saturated heterocycles. The summed E-state index contributed by atoms with van der Waals surface area (Å²) in [5.74, 6) is -0.648. The zero-order valence-electron chi connectivity index (χ0n) is 33.9. The highest BCUT2D eigenvalue weighted by molar-refractivity contribution is 5.76. The van der Waals surface area contributed by atoms with Crippen LogP contribution in [-0.2, 0) is 54.3 Å². The Hall–Kier alpha value is -2.40. The number of ether oxygens (including phenoxy) is 6. The molecule has 4 N–H and O–H groups in total. The van der Waals surface area contributed by atoms with E-state index in [0.717, 1.165) is 56.5 Å². The molecule has 0 aromatic heterocycles. The number of rotatable bonds is 26. The van der Waals surface area contributed by atoms with Crippen LogP contribution in [0.1, 0.15) is 82.3 Å². The maximum absolute atomic E-state index is 13.6. The maximum atomic E-state index is 13.6. The summed E-state index contributed by atoms with van der Waals surface area (Å²) in [6.07, 6.45) is 3.02. The molecule has 0 bridgehead atoms. The predicted octanol–water partition coefficient (Wildman–Crippen LogP) is 3.59. The Bertz CT molecular complexity index is 1280. The van der Waals surface area contributed by atoms with Gasteiger partial charge in [-0.3, -0.25) is 45.0 Å². The van der Waals surface area contributed by atoms with Gasteiger partial charge in [-0.15, -0.1) is 0 Å². The van der Waals surface area contributed by atoms with Gasteiger partial charge in [0.2, 0.25) is 5.91 Å². The standard InChI is InChI=1S/C39H66N4O14/c1-4-51-25-29(2)26-52-27-30-10-13-32(14-11-30)39-35(54-28-31-12-15-34-33(22-31)40(17-21-53-34)16-7-18-50-3)23-41(37(44)8-5-19-55-42(46)47)24-36(39)57-38(45)9-6-20-56-43(48)49/h10-11,13-14,29,31,33-36,39,46-49H,4-9,12,15-28H2,1-3H3. The zero-order chi connectivity index (χ0) is 41.0. The molecule has 3 fully saturated rings. The Balaban J connectivity index is 1.53. The van der Waals surface area contributed by atoms with Gasteiger partial charge in [-0.1, -0.05) is 31.2 Å². The molecule has 0 spiro atoms. The van der Waals surface area contributed by atoms with E-state index in [2.05, 4.69) is 21.5 Å². The lowest BCUT2D eigenvalue weighted by Gasteiger charge is -2.47. The van der Waals surface area contributed by atoms with Gasteiger partial charge in [0.25, 0.3) is 0 Å². The van der Waals surface area contributed by atoms with Crippen molar-refractivity contribution in [3.05, 3.63) is 35.4 Å². The molecule has 2 aliphatic heterocycles. The summed E-state index contributed by atoms with van der Waals surface area (Å²) < 4.78 is 36.0. The Kier molecular flexibility index (Phi) is 21.5. The average molecular weight is 815 g/mol. The molecule has 2 heterocycles. The van der Waals surface area contributed by atoms with Gasteiger partial charge < -0.3 is 33.3 Å². The van der Waals surface area contributed by atoms with Crippen LogP contribution >= 0.6 is 0 Å². The van der Waals surface area contributed by atoms with Crippen LogP contribution < -0.4 is 0 Å². The van der Waals surface area contributed by atoms with E-state index >= 15 is 0 Å². The number of benzene rings is 1. The molecular formula is C39H66N4O14. The number of nitrogens with zero attached hydrogens (tertiary/aromatic N) is 4. The first-order valence-corrected chi connectivity index (χ1v) is 20.4. The highest BCUT2D eigenvalue weighted by Gasteiger charge is 2.43. The van der Waals surface area contributed by atoms with Crippen LogP contribution in [0.4, 0.5) is 0 Å². The summed E-state index contributed by atoms with van der Waals surface area (Å²) in [6.45, 7) is 10.2. The number of esters is 1. The molecule has 18 nitrogen and oxygen atoms in total. The fourth-order valence-electron chi connectivity index (χ4n) is 7.94. The lowest BCUT2D eigenvalue weighted by molar-refractivity contribution is -0.492. The number of amides is 1. The van der Waals surface area contributed by atoms with Gasteiger partial charge in [-0.2, -0.15) is 0 Å². The monoisotopic (exact) mass is 814 g/mol. The van der Waals surface area contributed by atoms with Crippen LogP contribution in [0.15, 0.2) is 24.3 Å². The molecule has 1 amide bonds. The molecule has 57 heavy (non-hydrogen) atoms. The highest BCUT2D eigenvalue weighted by Crippen LogP contribution is 2.37. The molecule has 7 unspecified atom stereocenters. The largest absolute Gasteiger partial charge is 0.460 e. The van der Waals surface area contributed by atoms with Crippen LogP contribution in [0.3, 0.4) is 0 Å². The zero-order valence-corrected chi connectivity index (χ0v) is 33.9. The fourth-order valence-corrected chi connectivity index (χ4v) is 7.94. The average Bonchev–Trinajstić information content (AvgIpc) is 3.19. The molecule has 18 heteroatoms. The van der Waals surface area contributed by atoms with E-state index in [1.54, 1.807) is 12.0 Å². The van der Waals surface area contributed by atoms with Gasteiger partial charge in [-0.05, 0) is 62.5 Å². The van der Waals surface area contributed by atoms with Crippen molar-refractivity contribution in [1.29, 1.82) is 0 Å². The molecule has 1 aromatic carbocycles. The minimum Gasteiger partial charge on any atom is -0.460 e. The summed E-state index contributed by atoms with van der Waals surface area (Å²) in [6, 6.07) is 8.28. The van der Waals surface area contributed by atoms with E-state index in [9.17, 15) is 9.59 Å². The normalized spacial score (nSPS) is 24.8. The van der Waals surface area contributed by atoms with E-state index in [0.29, 0.717) is 39.6 Å². The first-order valence-electron chi connectivity index (χ1n) is 20.4.